The molecule has 2 aliphatic rings. The van der Waals surface area contributed by atoms with Gasteiger partial charge in [0.05, 0.1) is 0 Å². The first kappa shape index (κ1) is 15.7. The summed E-state index contributed by atoms with van der Waals surface area (Å²) in [6.07, 6.45) is 0.472. The van der Waals surface area contributed by atoms with Gasteiger partial charge in [0, 0.05) is 18.9 Å². The Balaban J connectivity index is 1.79. The number of amides is 1. The van der Waals surface area contributed by atoms with Crippen LogP contribution in [0.1, 0.15) is 30.4 Å². The Morgan fingerprint density at radius 3 is 2.60 bits per heavy atom. The molecule has 0 aliphatic carbocycles. The van der Waals surface area contributed by atoms with Crippen molar-refractivity contribution in [2.24, 2.45) is 5.92 Å². The van der Waals surface area contributed by atoms with E-state index in [-0.39, 0.29) is 11.8 Å². The van der Waals surface area contributed by atoms with E-state index in [0.29, 0.717) is 18.7 Å². The van der Waals surface area contributed by atoms with E-state index in [2.05, 4.69) is 0 Å². The summed E-state index contributed by atoms with van der Waals surface area (Å²) < 4.78 is 6.19. The summed E-state index contributed by atoms with van der Waals surface area (Å²) in [7, 11) is 0. The second kappa shape index (κ2) is 5.62. The van der Waals surface area contributed by atoms with Gasteiger partial charge >= 0.3 is 5.97 Å². The lowest BCUT2D eigenvalue weighted by atomic mass is 9.73. The van der Waals surface area contributed by atoms with Crippen LogP contribution in [-0.4, -0.2) is 27.6 Å². The fourth-order valence-electron chi connectivity index (χ4n) is 4.00. The zero-order valence-electron chi connectivity index (χ0n) is 13.9. The number of carboxylic acid groups (broad SMARTS) is 1. The number of ether oxygens (including phenoxy) is 1. The highest BCUT2D eigenvalue weighted by Crippen LogP contribution is 2.50. The van der Waals surface area contributed by atoms with Crippen LogP contribution in [0, 0.1) is 5.92 Å². The number of aliphatic carboxylic acids is 1. The molecule has 1 fully saturated rings. The van der Waals surface area contributed by atoms with Crippen LogP contribution >= 0.6 is 0 Å². The SMILES string of the molecule is C[C@]12C[C@H](c3ccccc3O1)[C@H](C(=O)O)C(=O)N2Cc1ccccc1. The molecule has 2 heterocycles. The molecule has 2 aromatic carbocycles. The van der Waals surface area contributed by atoms with Crippen LogP contribution in [-0.2, 0) is 16.1 Å². The van der Waals surface area contributed by atoms with Gasteiger partial charge in [0.1, 0.15) is 11.7 Å². The number of carbonyl (C=O) groups excluding carboxylic acids is 1. The van der Waals surface area contributed by atoms with Gasteiger partial charge in [-0.3, -0.25) is 14.5 Å². The molecule has 0 radical (unpaired) electrons. The Hall–Kier alpha value is -2.82. The summed E-state index contributed by atoms with van der Waals surface area (Å²) in [5.74, 6) is -2.25. The smallest absolute Gasteiger partial charge is 0.316 e. The number of carboxylic acids is 1. The van der Waals surface area contributed by atoms with E-state index in [1.165, 1.54) is 0 Å². The summed E-state index contributed by atoms with van der Waals surface area (Å²) in [6.45, 7) is 2.20. The number of piperidine rings is 1. The van der Waals surface area contributed by atoms with Gasteiger partial charge in [0.15, 0.2) is 5.72 Å². The zero-order chi connectivity index (χ0) is 17.6. The summed E-state index contributed by atoms with van der Waals surface area (Å²) in [6, 6.07) is 17.0. The Kier molecular flexibility index (Phi) is 3.53. The van der Waals surface area contributed by atoms with Gasteiger partial charge in [-0.25, -0.2) is 0 Å². The van der Waals surface area contributed by atoms with Crippen molar-refractivity contribution in [1.82, 2.24) is 4.90 Å². The molecule has 2 bridgehead atoms. The maximum Gasteiger partial charge on any atom is 0.316 e. The van der Waals surface area contributed by atoms with Crippen LogP contribution in [0.3, 0.4) is 0 Å². The average molecular weight is 337 g/mol. The number of fused-ring (bicyclic) bond motifs is 4. The van der Waals surface area contributed by atoms with Crippen LogP contribution in [0.5, 0.6) is 5.75 Å². The van der Waals surface area contributed by atoms with E-state index >= 15 is 0 Å². The molecular weight excluding hydrogens is 318 g/mol. The lowest BCUT2D eigenvalue weighted by Crippen LogP contribution is -2.63. The largest absolute Gasteiger partial charge is 0.481 e. The highest BCUT2D eigenvalue weighted by molar-refractivity contribution is 5.99. The molecule has 5 nitrogen and oxygen atoms in total. The molecule has 1 saturated heterocycles. The minimum atomic E-state index is -1.08. The Labute approximate surface area is 145 Å². The lowest BCUT2D eigenvalue weighted by Gasteiger charge is -2.52. The fourth-order valence-corrected chi connectivity index (χ4v) is 4.00. The van der Waals surface area contributed by atoms with Gasteiger partial charge < -0.3 is 9.84 Å². The number of carbonyl (C=O) groups is 2. The molecule has 1 amide bonds. The number of likely N-dealkylation sites (tertiary alicyclic amines) is 1. The maximum absolute atomic E-state index is 13.1. The van der Waals surface area contributed by atoms with Crippen LogP contribution in [0.25, 0.3) is 0 Å². The molecule has 0 aromatic heterocycles. The van der Waals surface area contributed by atoms with Gasteiger partial charge in [0.25, 0.3) is 0 Å². The van der Waals surface area contributed by atoms with Crippen molar-refractivity contribution >= 4 is 11.9 Å². The van der Waals surface area contributed by atoms with E-state index in [4.69, 9.17) is 4.74 Å². The molecule has 25 heavy (non-hydrogen) atoms. The maximum atomic E-state index is 13.1. The first-order valence-corrected chi connectivity index (χ1v) is 8.36. The highest BCUT2D eigenvalue weighted by Gasteiger charge is 2.56. The molecule has 128 valence electrons. The first-order chi connectivity index (χ1) is 12.0. The molecule has 5 heteroatoms. The molecule has 0 unspecified atom stereocenters. The van der Waals surface area contributed by atoms with Gasteiger partial charge in [-0.15, -0.1) is 0 Å². The number of para-hydroxylation sites is 1. The lowest BCUT2D eigenvalue weighted by molar-refractivity contribution is -0.181. The molecular formula is C20H19NO4. The number of hydrogen-bond donors (Lipinski definition) is 1. The van der Waals surface area contributed by atoms with Crippen molar-refractivity contribution in [2.45, 2.75) is 31.5 Å². The molecule has 1 N–H and O–H groups in total. The summed E-state index contributed by atoms with van der Waals surface area (Å²) in [5.41, 5.74) is 0.903. The topological polar surface area (TPSA) is 66.8 Å². The average Bonchev–Trinajstić information content (AvgIpc) is 2.59. The first-order valence-electron chi connectivity index (χ1n) is 8.36. The number of nitrogens with zero attached hydrogens (tertiary/aromatic N) is 1. The quantitative estimate of drug-likeness (QED) is 0.874. The molecule has 0 saturated carbocycles. The predicted octanol–water partition coefficient (Wildman–Crippen LogP) is 3.01. The van der Waals surface area contributed by atoms with Gasteiger partial charge in [-0.05, 0) is 24.1 Å². The second-order valence-corrected chi connectivity index (χ2v) is 6.85. The third kappa shape index (κ3) is 2.47. The monoisotopic (exact) mass is 337 g/mol. The third-order valence-corrected chi connectivity index (χ3v) is 5.20. The second-order valence-electron chi connectivity index (χ2n) is 6.85. The van der Waals surface area contributed by atoms with E-state index < -0.39 is 17.6 Å². The van der Waals surface area contributed by atoms with Crippen molar-refractivity contribution in [3.63, 3.8) is 0 Å². The molecule has 3 atom stereocenters. The number of hydrogen-bond acceptors (Lipinski definition) is 3. The van der Waals surface area contributed by atoms with Crippen molar-refractivity contribution in [3.05, 3.63) is 65.7 Å². The van der Waals surface area contributed by atoms with Crippen molar-refractivity contribution < 1.29 is 19.4 Å². The highest BCUT2D eigenvalue weighted by atomic mass is 16.5. The Morgan fingerprint density at radius 2 is 1.88 bits per heavy atom. The predicted molar refractivity (Wildman–Crippen MR) is 91.0 cm³/mol. The molecule has 0 spiro atoms. The van der Waals surface area contributed by atoms with Crippen molar-refractivity contribution in [2.75, 3.05) is 0 Å². The minimum absolute atomic E-state index is 0.328. The zero-order valence-corrected chi connectivity index (χ0v) is 13.9. The third-order valence-electron chi connectivity index (χ3n) is 5.20. The van der Waals surface area contributed by atoms with E-state index in [1.807, 2.05) is 61.5 Å². The Morgan fingerprint density at radius 1 is 1.20 bits per heavy atom. The van der Waals surface area contributed by atoms with Crippen molar-refractivity contribution in [3.8, 4) is 5.75 Å². The molecule has 4 rings (SSSR count). The van der Waals surface area contributed by atoms with E-state index in [0.717, 1.165) is 11.1 Å². The van der Waals surface area contributed by atoms with E-state index in [9.17, 15) is 14.7 Å². The van der Waals surface area contributed by atoms with Gasteiger partial charge in [0.2, 0.25) is 5.91 Å². The van der Waals surface area contributed by atoms with Crippen molar-refractivity contribution in [1.29, 1.82) is 0 Å². The molecule has 2 aromatic rings. The summed E-state index contributed by atoms with van der Waals surface area (Å²) in [5, 5.41) is 9.73. The van der Waals surface area contributed by atoms with E-state index in [1.54, 1.807) is 4.90 Å². The van der Waals surface area contributed by atoms with Crippen LogP contribution in [0.15, 0.2) is 54.6 Å². The summed E-state index contributed by atoms with van der Waals surface area (Å²) >= 11 is 0. The molecule has 2 aliphatic heterocycles. The normalized spacial score (nSPS) is 27.4. The Bertz CT molecular complexity index is 835. The van der Waals surface area contributed by atoms with Crippen LogP contribution in [0.4, 0.5) is 0 Å². The number of rotatable bonds is 3. The van der Waals surface area contributed by atoms with Gasteiger partial charge in [-0.2, -0.15) is 0 Å². The van der Waals surface area contributed by atoms with Gasteiger partial charge in [-0.1, -0.05) is 48.5 Å². The van der Waals surface area contributed by atoms with Crippen LogP contribution in [0.2, 0.25) is 0 Å². The fraction of sp³-hybridized carbons (Fsp3) is 0.300. The van der Waals surface area contributed by atoms with Crippen LogP contribution < -0.4 is 4.74 Å². The number of benzene rings is 2. The standard InChI is InChI=1S/C20H19NO4/c1-20-11-15(14-9-5-6-10-16(14)25-20)17(19(23)24)18(22)21(20)12-13-7-3-2-4-8-13/h2-10,15,17H,11-12H2,1H3,(H,23,24)/t15-,17+,20-/m1/s1. The minimum Gasteiger partial charge on any atom is -0.481 e. The summed E-state index contributed by atoms with van der Waals surface area (Å²) in [4.78, 5) is 26.5.